The van der Waals surface area contributed by atoms with Crippen LogP contribution in [-0.2, 0) is 17.8 Å². The minimum Gasteiger partial charge on any atom is -0.445 e. The summed E-state index contributed by atoms with van der Waals surface area (Å²) in [6.45, 7) is 5.04. The van der Waals surface area contributed by atoms with Crippen LogP contribution >= 0.6 is 0 Å². The van der Waals surface area contributed by atoms with Gasteiger partial charge in [-0.2, -0.15) is 0 Å². The van der Waals surface area contributed by atoms with Crippen LogP contribution < -0.4 is 15.5 Å². The quantitative estimate of drug-likeness (QED) is 0.849. The Balaban J connectivity index is 1.37. The van der Waals surface area contributed by atoms with Gasteiger partial charge in [0.25, 0.3) is 0 Å². The number of carbonyl (C=O) groups is 1. The molecule has 0 unspecified atom stereocenters. The summed E-state index contributed by atoms with van der Waals surface area (Å²) < 4.78 is 5.20. The number of rotatable bonds is 6. The van der Waals surface area contributed by atoms with Gasteiger partial charge in [0.05, 0.1) is 0 Å². The highest BCUT2D eigenvalue weighted by Gasteiger charge is 2.10. The number of benzene rings is 2. The summed E-state index contributed by atoms with van der Waals surface area (Å²) in [5.74, 6) is 0. The minimum absolute atomic E-state index is 0.298. The van der Waals surface area contributed by atoms with E-state index < -0.39 is 0 Å². The lowest BCUT2D eigenvalue weighted by molar-refractivity contribution is 0.140. The van der Waals surface area contributed by atoms with Gasteiger partial charge in [0, 0.05) is 38.4 Å². The second kappa shape index (κ2) is 9.08. The fourth-order valence-electron chi connectivity index (χ4n) is 2.88. The van der Waals surface area contributed by atoms with Gasteiger partial charge < -0.3 is 20.3 Å². The van der Waals surface area contributed by atoms with Gasteiger partial charge in [-0.25, -0.2) is 4.79 Å². The monoisotopic (exact) mass is 339 g/mol. The normalized spacial score (nSPS) is 14.2. The van der Waals surface area contributed by atoms with E-state index in [9.17, 15) is 4.79 Å². The molecule has 2 aromatic carbocycles. The fourth-order valence-corrected chi connectivity index (χ4v) is 2.88. The molecule has 3 rings (SSSR count). The van der Waals surface area contributed by atoms with Crippen molar-refractivity contribution in [2.24, 2.45) is 0 Å². The average molecular weight is 339 g/mol. The molecule has 0 aliphatic carbocycles. The van der Waals surface area contributed by atoms with E-state index in [0.29, 0.717) is 13.2 Å². The topological polar surface area (TPSA) is 53.6 Å². The minimum atomic E-state index is -0.374. The zero-order valence-corrected chi connectivity index (χ0v) is 14.4. The Bertz CT molecular complexity index is 652. The van der Waals surface area contributed by atoms with Crippen molar-refractivity contribution >= 4 is 11.8 Å². The van der Waals surface area contributed by atoms with Gasteiger partial charge in [-0.15, -0.1) is 0 Å². The lowest BCUT2D eigenvalue weighted by Crippen LogP contribution is -2.43. The second-order valence-corrected chi connectivity index (χ2v) is 6.14. The highest BCUT2D eigenvalue weighted by atomic mass is 16.5. The molecule has 0 radical (unpaired) electrons. The Morgan fingerprint density at radius 1 is 1.00 bits per heavy atom. The highest BCUT2D eigenvalue weighted by Crippen LogP contribution is 2.16. The number of piperazine rings is 1. The molecule has 2 N–H and O–H groups in total. The van der Waals surface area contributed by atoms with Gasteiger partial charge in [-0.1, -0.05) is 42.5 Å². The van der Waals surface area contributed by atoms with E-state index >= 15 is 0 Å². The van der Waals surface area contributed by atoms with E-state index in [0.717, 1.165) is 38.2 Å². The van der Waals surface area contributed by atoms with Gasteiger partial charge >= 0.3 is 6.09 Å². The smallest absolute Gasteiger partial charge is 0.407 e. The maximum atomic E-state index is 11.7. The lowest BCUT2D eigenvalue weighted by Gasteiger charge is -2.29. The number of hydrogen-bond acceptors (Lipinski definition) is 4. The second-order valence-electron chi connectivity index (χ2n) is 6.14. The predicted octanol–water partition coefficient (Wildman–Crippen LogP) is 2.57. The zero-order chi connectivity index (χ0) is 17.3. The van der Waals surface area contributed by atoms with Gasteiger partial charge in [-0.3, -0.25) is 0 Å². The van der Waals surface area contributed by atoms with Crippen LogP contribution in [0, 0.1) is 0 Å². The van der Waals surface area contributed by atoms with Crippen LogP contribution in [0.5, 0.6) is 0 Å². The Kier molecular flexibility index (Phi) is 6.29. The van der Waals surface area contributed by atoms with Gasteiger partial charge in [-0.05, 0) is 29.7 Å². The van der Waals surface area contributed by atoms with Gasteiger partial charge in [0.2, 0.25) is 0 Å². The number of amides is 1. The maximum absolute atomic E-state index is 11.7. The molecule has 0 saturated carbocycles. The molecule has 5 nitrogen and oxygen atoms in total. The molecule has 0 bridgehead atoms. The number of ether oxygens (including phenoxy) is 1. The first-order valence-corrected chi connectivity index (χ1v) is 8.80. The van der Waals surface area contributed by atoms with E-state index in [1.54, 1.807) is 0 Å². The first-order chi connectivity index (χ1) is 12.3. The van der Waals surface area contributed by atoms with Crippen LogP contribution in [0.25, 0.3) is 0 Å². The van der Waals surface area contributed by atoms with Gasteiger partial charge in [0.1, 0.15) is 6.61 Å². The average Bonchev–Trinajstić information content (AvgIpc) is 2.68. The molecule has 5 heteroatoms. The molecule has 0 aromatic heterocycles. The van der Waals surface area contributed by atoms with Crippen molar-refractivity contribution in [2.45, 2.75) is 13.0 Å². The fraction of sp³-hybridized carbons (Fsp3) is 0.350. The van der Waals surface area contributed by atoms with Crippen LogP contribution in [0.1, 0.15) is 11.1 Å². The Morgan fingerprint density at radius 3 is 2.44 bits per heavy atom. The molecule has 132 valence electrons. The molecule has 2 aromatic rings. The molecule has 1 aliphatic rings. The van der Waals surface area contributed by atoms with Crippen LogP contribution in [0.3, 0.4) is 0 Å². The van der Waals surface area contributed by atoms with Crippen molar-refractivity contribution in [1.82, 2.24) is 10.6 Å². The molecule has 1 heterocycles. The van der Waals surface area contributed by atoms with Crippen molar-refractivity contribution in [3.8, 4) is 0 Å². The van der Waals surface area contributed by atoms with Crippen LogP contribution in [0.15, 0.2) is 54.6 Å². The van der Waals surface area contributed by atoms with Crippen molar-refractivity contribution in [1.29, 1.82) is 0 Å². The molecule has 1 amide bonds. The summed E-state index contributed by atoms with van der Waals surface area (Å²) in [6.07, 6.45) is 0.420. The molecule has 0 spiro atoms. The highest BCUT2D eigenvalue weighted by molar-refractivity contribution is 5.67. The van der Waals surface area contributed by atoms with Crippen molar-refractivity contribution in [2.75, 3.05) is 37.6 Å². The van der Waals surface area contributed by atoms with Crippen molar-refractivity contribution in [3.63, 3.8) is 0 Å². The molecular weight excluding hydrogens is 314 g/mol. The SMILES string of the molecule is O=C(NCCc1ccc(N2CCNCC2)cc1)OCc1ccccc1. The summed E-state index contributed by atoms with van der Waals surface area (Å²) >= 11 is 0. The number of nitrogens with one attached hydrogen (secondary N) is 2. The van der Waals surface area contributed by atoms with Crippen molar-refractivity contribution in [3.05, 3.63) is 65.7 Å². The summed E-state index contributed by atoms with van der Waals surface area (Å²) in [7, 11) is 0. The van der Waals surface area contributed by atoms with E-state index in [4.69, 9.17) is 4.74 Å². The van der Waals surface area contributed by atoms with Crippen molar-refractivity contribution < 1.29 is 9.53 Å². The van der Waals surface area contributed by atoms with E-state index in [2.05, 4.69) is 39.8 Å². The largest absolute Gasteiger partial charge is 0.445 e. The molecule has 1 aliphatic heterocycles. The Morgan fingerprint density at radius 2 is 1.72 bits per heavy atom. The third-order valence-electron chi connectivity index (χ3n) is 4.31. The number of alkyl carbamates (subject to hydrolysis) is 1. The first kappa shape index (κ1) is 17.3. The van der Waals surface area contributed by atoms with Gasteiger partial charge in [0.15, 0.2) is 0 Å². The Labute approximate surface area is 149 Å². The summed E-state index contributed by atoms with van der Waals surface area (Å²) in [5, 5.41) is 6.16. The summed E-state index contributed by atoms with van der Waals surface area (Å²) in [6, 6.07) is 18.3. The predicted molar refractivity (Wildman–Crippen MR) is 99.9 cm³/mol. The zero-order valence-electron chi connectivity index (χ0n) is 14.4. The molecular formula is C20H25N3O2. The first-order valence-electron chi connectivity index (χ1n) is 8.80. The third kappa shape index (κ3) is 5.50. The number of nitrogens with zero attached hydrogens (tertiary/aromatic N) is 1. The standard InChI is InChI=1S/C20H25N3O2/c24-20(25-16-18-4-2-1-3-5-18)22-11-10-17-6-8-19(9-7-17)23-14-12-21-13-15-23/h1-9,21H,10-16H2,(H,22,24). The third-order valence-corrected chi connectivity index (χ3v) is 4.31. The summed E-state index contributed by atoms with van der Waals surface area (Å²) in [4.78, 5) is 14.1. The van der Waals surface area contributed by atoms with E-state index in [-0.39, 0.29) is 6.09 Å². The molecule has 0 atom stereocenters. The summed E-state index contributed by atoms with van der Waals surface area (Å²) in [5.41, 5.74) is 3.46. The van der Waals surface area contributed by atoms with Crippen LogP contribution in [-0.4, -0.2) is 38.8 Å². The number of carbonyl (C=O) groups excluding carboxylic acids is 1. The number of hydrogen-bond donors (Lipinski definition) is 2. The van der Waals surface area contributed by atoms with Crippen LogP contribution in [0.4, 0.5) is 10.5 Å². The van der Waals surface area contributed by atoms with E-state index in [1.165, 1.54) is 11.3 Å². The Hall–Kier alpha value is -2.53. The molecule has 1 saturated heterocycles. The number of anilines is 1. The lowest BCUT2D eigenvalue weighted by atomic mass is 10.1. The maximum Gasteiger partial charge on any atom is 0.407 e. The van der Waals surface area contributed by atoms with Crippen LogP contribution in [0.2, 0.25) is 0 Å². The molecule has 25 heavy (non-hydrogen) atoms. The molecule has 1 fully saturated rings. The van der Waals surface area contributed by atoms with E-state index in [1.807, 2.05) is 30.3 Å².